The topological polar surface area (TPSA) is 75.6 Å². The van der Waals surface area contributed by atoms with Crippen molar-refractivity contribution >= 4 is 29.5 Å². The summed E-state index contributed by atoms with van der Waals surface area (Å²) in [6.07, 6.45) is 3.20. The van der Waals surface area contributed by atoms with Crippen LogP contribution in [0.3, 0.4) is 0 Å². The number of amides is 1. The van der Waals surface area contributed by atoms with E-state index in [0.717, 1.165) is 10.4 Å². The molecule has 0 saturated carbocycles. The van der Waals surface area contributed by atoms with Crippen molar-refractivity contribution in [2.45, 2.75) is 32.8 Å². The molecule has 110 valence electrons. The van der Waals surface area contributed by atoms with E-state index in [-0.39, 0.29) is 6.42 Å². The molecule has 0 radical (unpaired) electrons. The average molecular weight is 297 g/mol. The van der Waals surface area contributed by atoms with Crippen LogP contribution in [0.4, 0.5) is 4.79 Å². The van der Waals surface area contributed by atoms with Gasteiger partial charge in [0.25, 0.3) is 0 Å². The van der Waals surface area contributed by atoms with Crippen molar-refractivity contribution in [3.63, 3.8) is 0 Å². The first-order valence-corrected chi connectivity index (χ1v) is 7.07. The molecular weight excluding hydrogens is 278 g/mol. The van der Waals surface area contributed by atoms with Gasteiger partial charge in [0.05, 0.1) is 6.42 Å². The fourth-order valence-corrected chi connectivity index (χ4v) is 2.22. The fraction of sp³-hybridized carbons (Fsp3) is 0.429. The number of aliphatic carboxylic acids is 1. The van der Waals surface area contributed by atoms with Gasteiger partial charge in [-0.1, -0.05) is 12.2 Å². The molecule has 0 aromatic carbocycles. The number of carboxylic acids is 1. The second-order valence-electron chi connectivity index (χ2n) is 5.20. The Labute approximate surface area is 122 Å². The van der Waals surface area contributed by atoms with Gasteiger partial charge in [0.2, 0.25) is 0 Å². The Morgan fingerprint density at radius 1 is 1.45 bits per heavy atom. The number of ether oxygens (including phenoxy) is 1. The monoisotopic (exact) mass is 297 g/mol. The van der Waals surface area contributed by atoms with E-state index in [4.69, 9.17) is 9.84 Å². The summed E-state index contributed by atoms with van der Waals surface area (Å²) in [5.41, 5.74) is 0.421. The Bertz CT molecular complexity index is 500. The molecule has 0 saturated heterocycles. The first-order chi connectivity index (χ1) is 9.26. The van der Waals surface area contributed by atoms with E-state index >= 15 is 0 Å². The van der Waals surface area contributed by atoms with Crippen molar-refractivity contribution in [2.24, 2.45) is 0 Å². The summed E-state index contributed by atoms with van der Waals surface area (Å²) in [4.78, 5) is 22.7. The highest BCUT2D eigenvalue weighted by molar-refractivity contribution is 7.10. The van der Waals surface area contributed by atoms with Crippen molar-refractivity contribution in [3.05, 3.63) is 28.0 Å². The molecule has 0 unspecified atom stereocenters. The second kappa shape index (κ2) is 7.09. The molecule has 1 rings (SSSR count). The zero-order valence-electron chi connectivity index (χ0n) is 11.8. The van der Waals surface area contributed by atoms with E-state index in [9.17, 15) is 9.59 Å². The first-order valence-electron chi connectivity index (χ1n) is 6.19. The third-order valence-electron chi connectivity index (χ3n) is 2.07. The largest absolute Gasteiger partial charge is 0.481 e. The Hall–Kier alpha value is -1.82. The van der Waals surface area contributed by atoms with E-state index < -0.39 is 17.7 Å². The van der Waals surface area contributed by atoms with Crippen LogP contribution in [0.25, 0.3) is 6.08 Å². The third-order valence-corrected chi connectivity index (χ3v) is 3.03. The number of rotatable bonds is 5. The molecule has 0 aliphatic carbocycles. The van der Waals surface area contributed by atoms with Gasteiger partial charge in [-0.05, 0) is 37.8 Å². The van der Waals surface area contributed by atoms with E-state index in [1.165, 1.54) is 11.3 Å². The van der Waals surface area contributed by atoms with Gasteiger partial charge in [0.15, 0.2) is 0 Å². The number of nitrogens with one attached hydrogen (secondary N) is 1. The van der Waals surface area contributed by atoms with Gasteiger partial charge >= 0.3 is 12.1 Å². The first kappa shape index (κ1) is 16.2. The number of hydrogen-bond acceptors (Lipinski definition) is 4. The Morgan fingerprint density at radius 3 is 2.75 bits per heavy atom. The summed E-state index contributed by atoms with van der Waals surface area (Å²) in [5, 5.41) is 13.2. The Kier molecular flexibility index (Phi) is 5.76. The summed E-state index contributed by atoms with van der Waals surface area (Å²) in [6.45, 7) is 5.77. The molecule has 0 spiro atoms. The molecule has 20 heavy (non-hydrogen) atoms. The minimum atomic E-state index is -0.839. The number of carbonyl (C=O) groups is 2. The summed E-state index contributed by atoms with van der Waals surface area (Å²) >= 11 is 1.41. The summed E-state index contributed by atoms with van der Waals surface area (Å²) < 4.78 is 5.09. The van der Waals surface area contributed by atoms with Crippen molar-refractivity contribution in [2.75, 3.05) is 6.54 Å². The van der Waals surface area contributed by atoms with Gasteiger partial charge in [-0.3, -0.25) is 4.79 Å². The molecule has 1 amide bonds. The normalized spacial score (nSPS) is 11.6. The third kappa shape index (κ3) is 6.94. The van der Waals surface area contributed by atoms with Crippen LogP contribution in [-0.2, 0) is 16.0 Å². The maximum absolute atomic E-state index is 11.4. The molecule has 5 nitrogen and oxygen atoms in total. The zero-order valence-corrected chi connectivity index (χ0v) is 12.6. The van der Waals surface area contributed by atoms with E-state index in [2.05, 4.69) is 5.32 Å². The molecule has 6 heteroatoms. The lowest BCUT2D eigenvalue weighted by atomic mass is 10.2. The van der Waals surface area contributed by atoms with E-state index in [1.807, 2.05) is 17.5 Å². The lowest BCUT2D eigenvalue weighted by Gasteiger charge is -2.19. The Balaban J connectivity index is 2.36. The van der Waals surface area contributed by atoms with Crippen LogP contribution in [0.1, 0.15) is 31.2 Å². The number of alkyl carbamates (subject to hydrolysis) is 1. The van der Waals surface area contributed by atoms with Crippen LogP contribution >= 0.6 is 11.3 Å². The van der Waals surface area contributed by atoms with Crippen LogP contribution in [0.2, 0.25) is 0 Å². The van der Waals surface area contributed by atoms with Crippen molar-refractivity contribution < 1.29 is 19.4 Å². The predicted molar refractivity (Wildman–Crippen MR) is 78.9 cm³/mol. The SMILES string of the molecule is CC(C)(C)OC(=O)NCC=Cc1csc(CC(=O)O)c1. The summed E-state index contributed by atoms with van der Waals surface area (Å²) in [6, 6.07) is 1.82. The van der Waals surface area contributed by atoms with Gasteiger partial charge in [-0.25, -0.2) is 4.79 Å². The van der Waals surface area contributed by atoms with Gasteiger partial charge in [0.1, 0.15) is 5.60 Å². The summed E-state index contributed by atoms with van der Waals surface area (Å²) in [5.74, 6) is -0.839. The molecule has 0 bridgehead atoms. The van der Waals surface area contributed by atoms with Gasteiger partial charge < -0.3 is 15.2 Å². The van der Waals surface area contributed by atoms with Crippen LogP contribution in [0.5, 0.6) is 0 Å². The van der Waals surface area contributed by atoms with Crippen LogP contribution in [0, 0.1) is 0 Å². The lowest BCUT2D eigenvalue weighted by Crippen LogP contribution is -2.32. The molecular formula is C14H19NO4S. The highest BCUT2D eigenvalue weighted by Gasteiger charge is 2.14. The van der Waals surface area contributed by atoms with Crippen LogP contribution in [0.15, 0.2) is 17.5 Å². The molecule has 0 aliphatic heterocycles. The van der Waals surface area contributed by atoms with E-state index in [1.54, 1.807) is 26.8 Å². The van der Waals surface area contributed by atoms with Crippen molar-refractivity contribution in [1.82, 2.24) is 5.32 Å². The fourth-order valence-electron chi connectivity index (χ4n) is 1.38. The molecule has 0 atom stereocenters. The van der Waals surface area contributed by atoms with Crippen molar-refractivity contribution in [1.29, 1.82) is 0 Å². The molecule has 1 heterocycles. The number of hydrogen-bond donors (Lipinski definition) is 2. The zero-order chi connectivity index (χ0) is 15.2. The average Bonchev–Trinajstić information content (AvgIpc) is 2.68. The smallest absolute Gasteiger partial charge is 0.407 e. The molecule has 0 fully saturated rings. The lowest BCUT2D eigenvalue weighted by molar-refractivity contribution is -0.136. The number of thiophene rings is 1. The molecule has 2 N–H and O–H groups in total. The van der Waals surface area contributed by atoms with Gasteiger partial charge in [-0.2, -0.15) is 0 Å². The van der Waals surface area contributed by atoms with Crippen LogP contribution < -0.4 is 5.32 Å². The quantitative estimate of drug-likeness (QED) is 0.876. The minimum Gasteiger partial charge on any atom is -0.481 e. The number of carboxylic acid groups (broad SMARTS) is 1. The predicted octanol–water partition coefficient (Wildman–Crippen LogP) is 2.91. The second-order valence-corrected chi connectivity index (χ2v) is 6.20. The Morgan fingerprint density at radius 2 is 2.15 bits per heavy atom. The van der Waals surface area contributed by atoms with Crippen LogP contribution in [-0.4, -0.2) is 29.3 Å². The van der Waals surface area contributed by atoms with Gasteiger partial charge in [-0.15, -0.1) is 11.3 Å². The molecule has 0 aliphatic rings. The highest BCUT2D eigenvalue weighted by Crippen LogP contribution is 2.16. The van der Waals surface area contributed by atoms with Crippen molar-refractivity contribution in [3.8, 4) is 0 Å². The maximum atomic E-state index is 11.4. The number of carbonyl (C=O) groups excluding carboxylic acids is 1. The maximum Gasteiger partial charge on any atom is 0.407 e. The molecule has 1 aromatic heterocycles. The standard InChI is InChI=1S/C14H19NO4S/c1-14(2,3)19-13(18)15-6-4-5-10-7-11(20-9-10)8-12(16)17/h4-5,7,9H,6,8H2,1-3H3,(H,15,18)(H,16,17). The minimum absolute atomic E-state index is 0.0364. The summed E-state index contributed by atoms with van der Waals surface area (Å²) in [7, 11) is 0. The molecule has 1 aromatic rings. The van der Waals surface area contributed by atoms with Gasteiger partial charge in [0, 0.05) is 11.4 Å². The van der Waals surface area contributed by atoms with E-state index in [0.29, 0.717) is 6.54 Å². The highest BCUT2D eigenvalue weighted by atomic mass is 32.1.